The number of unbranched alkanes of at least 4 members (excludes halogenated alkanes) is 1. The first kappa shape index (κ1) is 18.7. The van der Waals surface area contributed by atoms with Gasteiger partial charge in [0.2, 0.25) is 0 Å². The van der Waals surface area contributed by atoms with Gasteiger partial charge in [0.25, 0.3) is 0 Å². The van der Waals surface area contributed by atoms with E-state index in [4.69, 9.17) is 4.74 Å². The number of hydrogen-bond acceptors (Lipinski definition) is 1. The van der Waals surface area contributed by atoms with E-state index in [1.807, 2.05) is 7.11 Å². The van der Waals surface area contributed by atoms with Gasteiger partial charge in [-0.1, -0.05) is 39.0 Å². The number of methoxy groups -OCH3 is 1. The second-order valence-electron chi connectivity index (χ2n) is 9.37. The van der Waals surface area contributed by atoms with Crippen LogP contribution in [0, 0.1) is 29.6 Å². The van der Waals surface area contributed by atoms with Crippen LogP contribution in [0.4, 0.5) is 0 Å². The van der Waals surface area contributed by atoms with Gasteiger partial charge in [-0.2, -0.15) is 0 Å². The van der Waals surface area contributed by atoms with Gasteiger partial charge in [0.05, 0.1) is 6.10 Å². The van der Waals surface area contributed by atoms with Crippen molar-refractivity contribution in [2.24, 2.45) is 29.6 Å². The summed E-state index contributed by atoms with van der Waals surface area (Å²) in [5, 5.41) is 0. The van der Waals surface area contributed by atoms with Gasteiger partial charge in [-0.25, -0.2) is 0 Å². The van der Waals surface area contributed by atoms with Gasteiger partial charge in [-0.05, 0) is 93.8 Å². The molecule has 0 N–H and O–H groups in total. The molecule has 1 nitrogen and oxygen atoms in total. The highest BCUT2D eigenvalue weighted by Crippen LogP contribution is 2.45. The van der Waals surface area contributed by atoms with Crippen molar-refractivity contribution in [3.8, 4) is 0 Å². The quantitative estimate of drug-likeness (QED) is 0.508. The molecule has 0 aromatic carbocycles. The summed E-state index contributed by atoms with van der Waals surface area (Å²) >= 11 is 0. The molecule has 0 amide bonds. The second kappa shape index (κ2) is 9.60. The Kier molecular flexibility index (Phi) is 7.50. The zero-order valence-corrected chi connectivity index (χ0v) is 16.5. The third kappa shape index (κ3) is 4.99. The van der Waals surface area contributed by atoms with Crippen molar-refractivity contribution >= 4 is 0 Å². The Bertz CT molecular complexity index is 328. The molecule has 0 aromatic heterocycles. The highest BCUT2D eigenvalue weighted by Gasteiger charge is 2.34. The van der Waals surface area contributed by atoms with Crippen LogP contribution in [0.2, 0.25) is 0 Å². The summed E-state index contributed by atoms with van der Waals surface area (Å²) in [4.78, 5) is 0. The average molecular weight is 335 g/mol. The molecule has 0 aliphatic heterocycles. The molecule has 0 unspecified atom stereocenters. The molecule has 0 aromatic rings. The van der Waals surface area contributed by atoms with E-state index < -0.39 is 0 Å². The van der Waals surface area contributed by atoms with Crippen LogP contribution in [-0.2, 0) is 4.74 Å². The summed E-state index contributed by atoms with van der Waals surface area (Å²) in [6.07, 6.45) is 22.9. The average Bonchev–Trinajstić information content (AvgIpc) is 2.67. The predicted molar refractivity (Wildman–Crippen MR) is 103 cm³/mol. The largest absolute Gasteiger partial charge is 0.381 e. The number of hydrogen-bond donors (Lipinski definition) is 0. The fourth-order valence-electron chi connectivity index (χ4n) is 6.32. The maximum absolute atomic E-state index is 5.56. The van der Waals surface area contributed by atoms with Gasteiger partial charge >= 0.3 is 0 Å². The first-order valence-corrected chi connectivity index (χ1v) is 11.3. The van der Waals surface area contributed by atoms with Crippen molar-refractivity contribution in [1.29, 1.82) is 0 Å². The number of rotatable bonds is 6. The van der Waals surface area contributed by atoms with Crippen molar-refractivity contribution in [3.63, 3.8) is 0 Å². The van der Waals surface area contributed by atoms with Gasteiger partial charge in [-0.3, -0.25) is 0 Å². The summed E-state index contributed by atoms with van der Waals surface area (Å²) in [7, 11) is 1.90. The zero-order chi connectivity index (χ0) is 16.8. The first-order chi connectivity index (χ1) is 11.8. The smallest absolute Gasteiger partial charge is 0.0571 e. The third-order valence-corrected chi connectivity index (χ3v) is 8.06. The van der Waals surface area contributed by atoms with E-state index in [1.165, 1.54) is 44.9 Å². The highest BCUT2D eigenvalue weighted by molar-refractivity contribution is 4.86. The van der Waals surface area contributed by atoms with Crippen LogP contribution in [0.15, 0.2) is 0 Å². The Morgan fingerprint density at radius 1 is 0.625 bits per heavy atom. The van der Waals surface area contributed by atoms with Crippen LogP contribution in [0.3, 0.4) is 0 Å². The van der Waals surface area contributed by atoms with Crippen LogP contribution < -0.4 is 0 Å². The number of ether oxygens (including phenoxy) is 1. The van der Waals surface area contributed by atoms with Gasteiger partial charge in [0.1, 0.15) is 0 Å². The molecule has 3 aliphatic rings. The molecule has 0 bridgehead atoms. The lowest BCUT2D eigenvalue weighted by molar-refractivity contribution is 0.0355. The maximum Gasteiger partial charge on any atom is 0.0571 e. The Morgan fingerprint density at radius 3 is 1.46 bits per heavy atom. The molecule has 0 spiro atoms. The Balaban J connectivity index is 1.35. The Hall–Kier alpha value is -0.0400. The molecule has 3 rings (SSSR count). The molecule has 3 saturated carbocycles. The van der Waals surface area contributed by atoms with E-state index in [9.17, 15) is 0 Å². The molecular weight excluding hydrogens is 292 g/mol. The van der Waals surface area contributed by atoms with Gasteiger partial charge in [0.15, 0.2) is 0 Å². The van der Waals surface area contributed by atoms with E-state index in [2.05, 4.69) is 6.92 Å². The lowest BCUT2D eigenvalue weighted by Gasteiger charge is -2.41. The van der Waals surface area contributed by atoms with Crippen molar-refractivity contribution < 1.29 is 4.74 Å². The summed E-state index contributed by atoms with van der Waals surface area (Å²) < 4.78 is 5.56. The molecule has 0 atom stereocenters. The monoisotopic (exact) mass is 334 g/mol. The standard InChI is InChI=1S/C23H42O/c1-3-4-5-18-6-8-19(9-7-18)20-10-12-21(13-11-20)22-14-16-23(24-2)17-15-22/h18-23H,3-17H2,1-2H3. The Labute approximate surface area is 151 Å². The molecule has 0 heterocycles. The molecule has 140 valence electrons. The predicted octanol–water partition coefficient (Wildman–Crippen LogP) is 6.99. The van der Waals surface area contributed by atoms with Crippen LogP contribution in [0.1, 0.15) is 103 Å². The minimum atomic E-state index is 0.570. The third-order valence-electron chi connectivity index (χ3n) is 8.06. The minimum Gasteiger partial charge on any atom is -0.381 e. The fraction of sp³-hybridized carbons (Fsp3) is 1.00. The summed E-state index contributed by atoms with van der Waals surface area (Å²) in [6.45, 7) is 2.34. The van der Waals surface area contributed by atoms with E-state index in [-0.39, 0.29) is 0 Å². The second-order valence-corrected chi connectivity index (χ2v) is 9.37. The molecule has 3 fully saturated rings. The van der Waals surface area contributed by atoms with Gasteiger partial charge < -0.3 is 4.74 Å². The van der Waals surface area contributed by atoms with E-state index >= 15 is 0 Å². The van der Waals surface area contributed by atoms with Crippen molar-refractivity contribution in [2.45, 2.75) is 109 Å². The normalized spacial score (nSPS) is 41.2. The van der Waals surface area contributed by atoms with Crippen molar-refractivity contribution in [3.05, 3.63) is 0 Å². The van der Waals surface area contributed by atoms with Crippen LogP contribution in [0.5, 0.6) is 0 Å². The molecule has 1 heteroatoms. The van der Waals surface area contributed by atoms with Crippen LogP contribution >= 0.6 is 0 Å². The van der Waals surface area contributed by atoms with E-state index in [0.29, 0.717) is 6.10 Å². The van der Waals surface area contributed by atoms with Gasteiger partial charge in [-0.15, -0.1) is 0 Å². The molecule has 3 aliphatic carbocycles. The van der Waals surface area contributed by atoms with E-state index in [0.717, 1.165) is 29.6 Å². The SMILES string of the molecule is CCCCC1CCC(C2CCC(C3CCC(OC)CC3)CC2)CC1. The van der Waals surface area contributed by atoms with Crippen molar-refractivity contribution in [2.75, 3.05) is 7.11 Å². The molecular formula is C23H42O. The minimum absolute atomic E-state index is 0.570. The van der Waals surface area contributed by atoms with Crippen LogP contribution in [0.25, 0.3) is 0 Å². The van der Waals surface area contributed by atoms with Gasteiger partial charge in [0, 0.05) is 7.11 Å². The molecule has 0 radical (unpaired) electrons. The lowest BCUT2D eigenvalue weighted by Crippen LogP contribution is -2.30. The van der Waals surface area contributed by atoms with E-state index in [1.54, 1.807) is 51.4 Å². The summed E-state index contributed by atoms with van der Waals surface area (Å²) in [6, 6.07) is 0. The Morgan fingerprint density at radius 2 is 1.04 bits per heavy atom. The zero-order valence-electron chi connectivity index (χ0n) is 16.5. The topological polar surface area (TPSA) is 9.23 Å². The van der Waals surface area contributed by atoms with Crippen LogP contribution in [-0.4, -0.2) is 13.2 Å². The first-order valence-electron chi connectivity index (χ1n) is 11.3. The highest BCUT2D eigenvalue weighted by atomic mass is 16.5. The lowest BCUT2D eigenvalue weighted by atomic mass is 9.65. The fourth-order valence-corrected chi connectivity index (χ4v) is 6.32. The maximum atomic E-state index is 5.56. The van der Waals surface area contributed by atoms with Crippen molar-refractivity contribution in [1.82, 2.24) is 0 Å². The molecule has 24 heavy (non-hydrogen) atoms. The molecule has 0 saturated heterocycles. The summed E-state index contributed by atoms with van der Waals surface area (Å²) in [5.74, 6) is 5.34. The summed E-state index contributed by atoms with van der Waals surface area (Å²) in [5.41, 5.74) is 0.